The maximum atomic E-state index is 12.3. The van der Waals surface area contributed by atoms with E-state index < -0.39 is 0 Å². The van der Waals surface area contributed by atoms with Crippen molar-refractivity contribution in [1.82, 2.24) is 20.2 Å². The van der Waals surface area contributed by atoms with Gasteiger partial charge in [-0.2, -0.15) is 0 Å². The lowest BCUT2D eigenvalue weighted by atomic mass is 10.1. The highest BCUT2D eigenvalue weighted by atomic mass is 32.2. The first-order valence-corrected chi connectivity index (χ1v) is 8.78. The van der Waals surface area contributed by atoms with Crippen LogP contribution >= 0.6 is 11.8 Å². The van der Waals surface area contributed by atoms with Crippen LogP contribution in [0.15, 0.2) is 46.0 Å². The van der Waals surface area contributed by atoms with E-state index >= 15 is 0 Å². The van der Waals surface area contributed by atoms with Gasteiger partial charge in [0.2, 0.25) is 11.1 Å². The molecule has 4 rings (SSSR count). The van der Waals surface area contributed by atoms with Crippen molar-refractivity contribution < 1.29 is 13.9 Å². The van der Waals surface area contributed by atoms with Gasteiger partial charge in [0.25, 0.3) is 0 Å². The summed E-state index contributed by atoms with van der Waals surface area (Å²) in [5.41, 5.74) is 2.03. The van der Waals surface area contributed by atoms with Crippen LogP contribution in [0.5, 0.6) is 5.75 Å². The Labute approximate surface area is 152 Å². The van der Waals surface area contributed by atoms with Gasteiger partial charge < -0.3 is 14.5 Å². The lowest BCUT2D eigenvalue weighted by Crippen LogP contribution is -2.15. The smallest absolute Gasteiger partial charge is 0.234 e. The monoisotopic (exact) mass is 369 g/mol. The number of furan rings is 1. The SMILES string of the molecule is COc1cc2c(cc1NC(=O)CSc1nnnn1C)oc1ccccc12. The fraction of sp³-hybridized carbons (Fsp3) is 0.176. The number of nitrogens with one attached hydrogen (secondary N) is 1. The van der Waals surface area contributed by atoms with E-state index in [9.17, 15) is 4.79 Å². The number of anilines is 1. The molecule has 0 bridgehead atoms. The van der Waals surface area contributed by atoms with Crippen molar-refractivity contribution in [3.05, 3.63) is 36.4 Å². The van der Waals surface area contributed by atoms with Crippen LogP contribution in [0.25, 0.3) is 21.9 Å². The fourth-order valence-corrected chi connectivity index (χ4v) is 3.33. The number of rotatable bonds is 5. The number of ether oxygens (including phenoxy) is 1. The molecule has 0 saturated carbocycles. The molecule has 8 nitrogen and oxygen atoms in total. The van der Waals surface area contributed by atoms with E-state index in [4.69, 9.17) is 9.15 Å². The lowest BCUT2D eigenvalue weighted by molar-refractivity contribution is -0.113. The van der Waals surface area contributed by atoms with Gasteiger partial charge in [-0.05, 0) is 22.6 Å². The molecule has 0 spiro atoms. The van der Waals surface area contributed by atoms with Crippen molar-refractivity contribution in [2.24, 2.45) is 7.05 Å². The molecule has 9 heteroatoms. The minimum atomic E-state index is -0.188. The Hall–Kier alpha value is -3.07. The Balaban J connectivity index is 1.59. The molecule has 2 aromatic carbocycles. The number of fused-ring (bicyclic) bond motifs is 3. The van der Waals surface area contributed by atoms with Crippen molar-refractivity contribution in [2.75, 3.05) is 18.2 Å². The van der Waals surface area contributed by atoms with Crippen LogP contribution in [-0.4, -0.2) is 39.0 Å². The number of hydrogen-bond donors (Lipinski definition) is 1. The third-order valence-corrected chi connectivity index (χ3v) is 4.90. The van der Waals surface area contributed by atoms with E-state index in [1.54, 1.807) is 20.2 Å². The molecule has 0 saturated heterocycles. The molecule has 0 aliphatic carbocycles. The number of nitrogens with zero attached hydrogens (tertiary/aromatic N) is 4. The summed E-state index contributed by atoms with van der Waals surface area (Å²) in [6.07, 6.45) is 0. The molecular weight excluding hydrogens is 354 g/mol. The zero-order valence-corrected chi connectivity index (χ0v) is 14.9. The third kappa shape index (κ3) is 2.97. The summed E-state index contributed by atoms with van der Waals surface area (Å²) in [5, 5.41) is 16.5. The Morgan fingerprint density at radius 3 is 2.88 bits per heavy atom. The van der Waals surface area contributed by atoms with E-state index in [1.807, 2.05) is 30.3 Å². The summed E-state index contributed by atoms with van der Waals surface area (Å²) in [6.45, 7) is 0. The summed E-state index contributed by atoms with van der Waals surface area (Å²) >= 11 is 1.25. The lowest BCUT2D eigenvalue weighted by Gasteiger charge is -2.10. The normalized spacial score (nSPS) is 11.2. The van der Waals surface area contributed by atoms with Gasteiger partial charge in [0.15, 0.2) is 0 Å². The van der Waals surface area contributed by atoms with Crippen LogP contribution in [0.3, 0.4) is 0 Å². The second kappa shape index (κ2) is 6.68. The highest BCUT2D eigenvalue weighted by Gasteiger charge is 2.15. The van der Waals surface area contributed by atoms with Crippen molar-refractivity contribution in [2.45, 2.75) is 5.16 Å². The molecular formula is C17H15N5O3S. The first-order valence-electron chi connectivity index (χ1n) is 7.80. The number of aryl methyl sites for hydroxylation is 1. The molecule has 2 aromatic heterocycles. The largest absolute Gasteiger partial charge is 0.495 e. The van der Waals surface area contributed by atoms with Crippen LogP contribution in [0, 0.1) is 0 Å². The number of hydrogen-bond acceptors (Lipinski definition) is 7. The molecule has 1 N–H and O–H groups in total. The zero-order chi connectivity index (χ0) is 18.1. The van der Waals surface area contributed by atoms with Gasteiger partial charge in [-0.3, -0.25) is 4.79 Å². The van der Waals surface area contributed by atoms with Gasteiger partial charge in [0.1, 0.15) is 16.9 Å². The van der Waals surface area contributed by atoms with Crippen LogP contribution in [0.4, 0.5) is 5.69 Å². The summed E-state index contributed by atoms with van der Waals surface area (Å²) in [4.78, 5) is 12.3. The third-order valence-electron chi connectivity index (χ3n) is 3.89. The number of para-hydroxylation sites is 1. The van der Waals surface area contributed by atoms with E-state index in [0.717, 1.165) is 16.4 Å². The number of benzene rings is 2. The topological polar surface area (TPSA) is 95.1 Å². The average Bonchev–Trinajstić information content (AvgIpc) is 3.21. The maximum absolute atomic E-state index is 12.3. The summed E-state index contributed by atoms with van der Waals surface area (Å²) < 4.78 is 12.8. The maximum Gasteiger partial charge on any atom is 0.234 e. The molecule has 132 valence electrons. The van der Waals surface area contributed by atoms with Gasteiger partial charge in [0.05, 0.1) is 18.6 Å². The molecule has 26 heavy (non-hydrogen) atoms. The van der Waals surface area contributed by atoms with E-state index in [1.165, 1.54) is 16.4 Å². The van der Waals surface area contributed by atoms with E-state index in [-0.39, 0.29) is 11.7 Å². The molecule has 0 aliphatic rings. The number of thioether (sulfide) groups is 1. The predicted molar refractivity (Wildman–Crippen MR) is 98.4 cm³/mol. The molecule has 0 unspecified atom stereocenters. The van der Waals surface area contributed by atoms with Gasteiger partial charge in [0, 0.05) is 23.9 Å². The Kier molecular flexibility index (Phi) is 4.21. The van der Waals surface area contributed by atoms with E-state index in [2.05, 4.69) is 20.8 Å². The molecule has 1 amide bonds. The van der Waals surface area contributed by atoms with Crippen LogP contribution < -0.4 is 10.1 Å². The second-order valence-corrected chi connectivity index (χ2v) is 6.51. The molecule has 4 aromatic rings. The van der Waals surface area contributed by atoms with Crippen molar-refractivity contribution in [1.29, 1.82) is 0 Å². The van der Waals surface area contributed by atoms with Gasteiger partial charge in [-0.15, -0.1) is 5.10 Å². The summed E-state index contributed by atoms with van der Waals surface area (Å²) in [5.74, 6) is 0.560. The number of carbonyl (C=O) groups excluding carboxylic acids is 1. The Morgan fingerprint density at radius 2 is 2.12 bits per heavy atom. The quantitative estimate of drug-likeness (QED) is 0.540. The van der Waals surface area contributed by atoms with Crippen LogP contribution in [-0.2, 0) is 11.8 Å². The molecule has 0 radical (unpaired) electrons. The van der Waals surface area contributed by atoms with Gasteiger partial charge in [-0.1, -0.05) is 30.0 Å². The second-order valence-electron chi connectivity index (χ2n) is 5.57. The molecule has 0 aliphatic heterocycles. The first kappa shape index (κ1) is 16.4. The predicted octanol–water partition coefficient (Wildman–Crippen LogP) is 2.85. The number of amides is 1. The average molecular weight is 369 g/mol. The van der Waals surface area contributed by atoms with Crippen LogP contribution in [0.2, 0.25) is 0 Å². The number of methoxy groups -OCH3 is 1. The number of aromatic nitrogens is 4. The number of carbonyl (C=O) groups is 1. The standard InChI is InChI=1S/C17H15N5O3S/c1-22-17(19-20-21-22)26-9-16(23)18-12-8-14-11(7-15(12)24-2)10-5-3-4-6-13(10)25-14/h3-8H,9H2,1-2H3,(H,18,23). The van der Waals surface area contributed by atoms with E-state index in [0.29, 0.717) is 22.2 Å². The van der Waals surface area contributed by atoms with Crippen molar-refractivity contribution >= 4 is 45.3 Å². The highest BCUT2D eigenvalue weighted by Crippen LogP contribution is 2.36. The first-order chi connectivity index (χ1) is 12.7. The highest BCUT2D eigenvalue weighted by molar-refractivity contribution is 7.99. The number of tetrazole rings is 1. The Morgan fingerprint density at radius 1 is 1.27 bits per heavy atom. The fourth-order valence-electron chi connectivity index (χ4n) is 2.68. The van der Waals surface area contributed by atoms with Gasteiger partial charge >= 0.3 is 0 Å². The van der Waals surface area contributed by atoms with Crippen LogP contribution in [0.1, 0.15) is 0 Å². The van der Waals surface area contributed by atoms with Gasteiger partial charge in [-0.25, -0.2) is 4.68 Å². The van der Waals surface area contributed by atoms with Crippen molar-refractivity contribution in [3.8, 4) is 5.75 Å². The Bertz CT molecular complexity index is 1100. The molecule has 2 heterocycles. The molecule has 0 atom stereocenters. The minimum absolute atomic E-state index is 0.176. The summed E-state index contributed by atoms with van der Waals surface area (Å²) in [7, 11) is 3.29. The zero-order valence-electron chi connectivity index (χ0n) is 14.1. The minimum Gasteiger partial charge on any atom is -0.495 e. The molecule has 0 fully saturated rings. The van der Waals surface area contributed by atoms with Crippen molar-refractivity contribution in [3.63, 3.8) is 0 Å². The summed E-state index contributed by atoms with van der Waals surface area (Å²) in [6, 6.07) is 11.4.